The minimum absolute atomic E-state index is 0.303. The predicted octanol–water partition coefficient (Wildman–Crippen LogP) is 2.17. The number of carbonyl (C=O) groups is 1. The van der Waals surface area contributed by atoms with Crippen LogP contribution in [0.15, 0.2) is 0 Å². The summed E-state index contributed by atoms with van der Waals surface area (Å²) in [7, 11) is 0. The maximum Gasteiger partial charge on any atom is 0.127 e. The smallest absolute Gasteiger partial charge is 0.127 e. The summed E-state index contributed by atoms with van der Waals surface area (Å²) in [6, 6.07) is 0. The highest BCUT2D eigenvalue weighted by atomic mass is 16.5. The van der Waals surface area contributed by atoms with Crippen LogP contribution in [0.4, 0.5) is 0 Å². The first kappa shape index (κ1) is 9.72. The van der Waals surface area contributed by atoms with Crippen LogP contribution in [0.2, 0.25) is 0 Å². The summed E-state index contributed by atoms with van der Waals surface area (Å²) in [5.74, 6) is 0. The van der Waals surface area contributed by atoms with Gasteiger partial charge in [-0.2, -0.15) is 0 Å². The van der Waals surface area contributed by atoms with E-state index in [9.17, 15) is 4.79 Å². The number of ether oxygens (including phenoxy) is 1. The Morgan fingerprint density at radius 2 is 2.00 bits per heavy atom. The molecule has 0 saturated heterocycles. The second-order valence-electron chi connectivity index (χ2n) is 4.32. The van der Waals surface area contributed by atoms with Gasteiger partial charge in [0.2, 0.25) is 0 Å². The van der Waals surface area contributed by atoms with Gasteiger partial charge in [-0.05, 0) is 12.8 Å². The number of hydrogen-bond donors (Lipinski definition) is 0. The van der Waals surface area contributed by atoms with E-state index in [-0.39, 0.29) is 5.41 Å². The largest absolute Gasteiger partial charge is 0.377 e. The van der Waals surface area contributed by atoms with Crippen LogP contribution in [0.25, 0.3) is 0 Å². The quantitative estimate of drug-likeness (QED) is 0.604. The Balaban J connectivity index is 2.19. The van der Waals surface area contributed by atoms with Gasteiger partial charge in [0, 0.05) is 5.41 Å². The first-order valence-corrected chi connectivity index (χ1v) is 4.72. The minimum Gasteiger partial charge on any atom is -0.377 e. The van der Waals surface area contributed by atoms with Crippen molar-refractivity contribution in [2.45, 2.75) is 45.6 Å². The van der Waals surface area contributed by atoms with Crippen LogP contribution in [-0.2, 0) is 9.53 Å². The molecule has 1 rings (SSSR count). The average Bonchev–Trinajstić information content (AvgIpc) is 2.53. The Morgan fingerprint density at radius 1 is 1.42 bits per heavy atom. The SMILES string of the molecule is CC(C)(C=O)COC1CCCC1. The van der Waals surface area contributed by atoms with Crippen LogP contribution < -0.4 is 0 Å². The highest BCUT2D eigenvalue weighted by Gasteiger charge is 2.21. The predicted molar refractivity (Wildman–Crippen MR) is 48.1 cm³/mol. The molecule has 0 unspecified atom stereocenters. The van der Waals surface area contributed by atoms with Gasteiger partial charge in [-0.15, -0.1) is 0 Å². The average molecular weight is 170 g/mol. The lowest BCUT2D eigenvalue weighted by Gasteiger charge is -2.19. The lowest BCUT2D eigenvalue weighted by molar-refractivity contribution is -0.118. The summed E-state index contributed by atoms with van der Waals surface area (Å²) < 4.78 is 5.63. The molecule has 0 radical (unpaired) electrons. The lowest BCUT2D eigenvalue weighted by atomic mass is 9.97. The van der Waals surface area contributed by atoms with Crippen LogP contribution in [0.5, 0.6) is 0 Å². The molecule has 0 bridgehead atoms. The van der Waals surface area contributed by atoms with E-state index in [0.29, 0.717) is 12.7 Å². The van der Waals surface area contributed by atoms with Gasteiger partial charge in [-0.25, -0.2) is 0 Å². The summed E-state index contributed by atoms with van der Waals surface area (Å²) >= 11 is 0. The molecule has 1 saturated carbocycles. The first-order chi connectivity index (χ1) is 5.64. The van der Waals surface area contributed by atoms with Gasteiger partial charge in [-0.3, -0.25) is 0 Å². The van der Waals surface area contributed by atoms with E-state index in [1.165, 1.54) is 25.7 Å². The second-order valence-corrected chi connectivity index (χ2v) is 4.32. The lowest BCUT2D eigenvalue weighted by Crippen LogP contribution is -2.24. The standard InChI is InChI=1S/C10H18O2/c1-10(2,7-11)8-12-9-5-3-4-6-9/h7,9H,3-6,8H2,1-2H3. The molecule has 0 aromatic heterocycles. The van der Waals surface area contributed by atoms with E-state index in [4.69, 9.17) is 4.74 Å². The maximum atomic E-state index is 10.6. The molecule has 0 spiro atoms. The monoisotopic (exact) mass is 170 g/mol. The van der Waals surface area contributed by atoms with Gasteiger partial charge in [0.15, 0.2) is 0 Å². The molecule has 1 fully saturated rings. The normalized spacial score (nSPS) is 19.8. The van der Waals surface area contributed by atoms with Crippen LogP contribution in [-0.4, -0.2) is 19.0 Å². The summed E-state index contributed by atoms with van der Waals surface area (Å²) in [5.41, 5.74) is -0.303. The topological polar surface area (TPSA) is 26.3 Å². The van der Waals surface area contributed by atoms with Gasteiger partial charge in [0.1, 0.15) is 6.29 Å². The van der Waals surface area contributed by atoms with Gasteiger partial charge >= 0.3 is 0 Å². The third kappa shape index (κ3) is 2.94. The molecular formula is C10H18O2. The van der Waals surface area contributed by atoms with Crippen molar-refractivity contribution >= 4 is 6.29 Å². The zero-order valence-electron chi connectivity index (χ0n) is 8.01. The fraction of sp³-hybridized carbons (Fsp3) is 0.900. The van der Waals surface area contributed by atoms with Crippen molar-refractivity contribution in [3.8, 4) is 0 Å². The number of rotatable bonds is 4. The highest BCUT2D eigenvalue weighted by Crippen LogP contribution is 2.23. The van der Waals surface area contributed by atoms with Crippen LogP contribution >= 0.6 is 0 Å². The molecule has 70 valence electrons. The molecule has 0 N–H and O–H groups in total. The molecule has 2 heteroatoms. The summed E-state index contributed by atoms with van der Waals surface area (Å²) in [4.78, 5) is 10.6. The van der Waals surface area contributed by atoms with E-state index in [0.717, 1.165) is 6.29 Å². The van der Waals surface area contributed by atoms with Crippen molar-refractivity contribution < 1.29 is 9.53 Å². The molecule has 0 aromatic carbocycles. The van der Waals surface area contributed by atoms with Gasteiger partial charge < -0.3 is 9.53 Å². The van der Waals surface area contributed by atoms with Crippen molar-refractivity contribution in [3.63, 3.8) is 0 Å². The molecule has 1 aliphatic carbocycles. The Labute approximate surface area is 74.3 Å². The van der Waals surface area contributed by atoms with Crippen LogP contribution in [0, 0.1) is 5.41 Å². The zero-order valence-corrected chi connectivity index (χ0v) is 8.01. The van der Waals surface area contributed by atoms with Crippen molar-refractivity contribution in [1.82, 2.24) is 0 Å². The van der Waals surface area contributed by atoms with Gasteiger partial charge in [-0.1, -0.05) is 26.7 Å². The molecule has 0 atom stereocenters. The molecule has 1 aliphatic rings. The number of carbonyl (C=O) groups excluding carboxylic acids is 1. The Hall–Kier alpha value is -0.370. The van der Waals surface area contributed by atoms with Crippen molar-refractivity contribution in [2.24, 2.45) is 5.41 Å². The maximum absolute atomic E-state index is 10.6. The molecule has 0 amide bonds. The third-order valence-electron chi connectivity index (χ3n) is 2.31. The van der Waals surface area contributed by atoms with E-state index >= 15 is 0 Å². The zero-order chi connectivity index (χ0) is 9.03. The Morgan fingerprint density at radius 3 is 2.50 bits per heavy atom. The molecule has 2 nitrogen and oxygen atoms in total. The Kier molecular flexibility index (Phi) is 3.27. The fourth-order valence-electron chi connectivity index (χ4n) is 1.42. The highest BCUT2D eigenvalue weighted by molar-refractivity contribution is 5.57. The number of hydrogen-bond acceptors (Lipinski definition) is 2. The van der Waals surface area contributed by atoms with Crippen LogP contribution in [0.1, 0.15) is 39.5 Å². The molecule has 12 heavy (non-hydrogen) atoms. The fourth-order valence-corrected chi connectivity index (χ4v) is 1.42. The summed E-state index contributed by atoms with van der Waals surface area (Å²) in [5, 5.41) is 0. The van der Waals surface area contributed by atoms with Crippen molar-refractivity contribution in [3.05, 3.63) is 0 Å². The molecule has 0 heterocycles. The summed E-state index contributed by atoms with van der Waals surface area (Å²) in [6.45, 7) is 4.39. The van der Waals surface area contributed by atoms with Gasteiger partial charge in [0.25, 0.3) is 0 Å². The second kappa shape index (κ2) is 4.04. The van der Waals surface area contributed by atoms with Crippen molar-refractivity contribution in [2.75, 3.05) is 6.61 Å². The third-order valence-corrected chi connectivity index (χ3v) is 2.31. The molecule has 0 aromatic rings. The van der Waals surface area contributed by atoms with Gasteiger partial charge in [0.05, 0.1) is 12.7 Å². The number of aldehydes is 1. The van der Waals surface area contributed by atoms with Crippen LogP contribution in [0.3, 0.4) is 0 Å². The first-order valence-electron chi connectivity index (χ1n) is 4.72. The van der Waals surface area contributed by atoms with E-state index in [1.54, 1.807) is 0 Å². The minimum atomic E-state index is -0.303. The van der Waals surface area contributed by atoms with E-state index in [2.05, 4.69) is 0 Å². The van der Waals surface area contributed by atoms with E-state index < -0.39 is 0 Å². The molecular weight excluding hydrogens is 152 g/mol. The molecule has 0 aliphatic heterocycles. The summed E-state index contributed by atoms with van der Waals surface area (Å²) in [6.07, 6.45) is 6.31. The van der Waals surface area contributed by atoms with E-state index in [1.807, 2.05) is 13.8 Å². The van der Waals surface area contributed by atoms with Crippen molar-refractivity contribution in [1.29, 1.82) is 0 Å². The Bertz CT molecular complexity index is 146.